The van der Waals surface area contributed by atoms with E-state index in [1.165, 1.54) is 25.7 Å². The third-order valence-electron chi connectivity index (χ3n) is 3.63. The van der Waals surface area contributed by atoms with Gasteiger partial charge in [0.05, 0.1) is 6.61 Å². The van der Waals surface area contributed by atoms with Crippen LogP contribution in [0.3, 0.4) is 0 Å². The second-order valence-corrected chi connectivity index (χ2v) is 5.08. The van der Waals surface area contributed by atoms with E-state index in [4.69, 9.17) is 4.74 Å². The van der Waals surface area contributed by atoms with Crippen molar-refractivity contribution in [2.24, 2.45) is 5.92 Å². The van der Waals surface area contributed by atoms with E-state index < -0.39 is 0 Å². The van der Waals surface area contributed by atoms with E-state index in [0.29, 0.717) is 13.0 Å². The molecule has 100 valence electrons. The van der Waals surface area contributed by atoms with Gasteiger partial charge in [0, 0.05) is 12.5 Å². The van der Waals surface area contributed by atoms with Gasteiger partial charge >= 0.3 is 5.97 Å². The van der Waals surface area contributed by atoms with Gasteiger partial charge in [0.25, 0.3) is 0 Å². The maximum atomic E-state index is 11.1. The van der Waals surface area contributed by atoms with Crippen LogP contribution in [0.2, 0.25) is 0 Å². The van der Waals surface area contributed by atoms with Crippen molar-refractivity contribution in [3.63, 3.8) is 0 Å². The molecule has 1 saturated carbocycles. The molecule has 0 heterocycles. The summed E-state index contributed by atoms with van der Waals surface area (Å²) in [6.07, 6.45) is 7.91. The highest BCUT2D eigenvalue weighted by atomic mass is 16.5. The molecule has 1 rings (SSSR count). The molecule has 0 saturated heterocycles. The summed E-state index contributed by atoms with van der Waals surface area (Å²) in [6.45, 7) is 5.79. The van der Waals surface area contributed by atoms with Crippen molar-refractivity contribution in [3.8, 4) is 0 Å². The molecule has 0 spiro atoms. The predicted octanol–water partition coefficient (Wildman–Crippen LogP) is 2.89. The lowest BCUT2D eigenvalue weighted by molar-refractivity contribution is -0.143. The average molecular weight is 241 g/mol. The van der Waals surface area contributed by atoms with Crippen molar-refractivity contribution >= 4 is 5.97 Å². The molecule has 3 heteroatoms. The van der Waals surface area contributed by atoms with Gasteiger partial charge in [0.1, 0.15) is 0 Å². The van der Waals surface area contributed by atoms with Crippen LogP contribution in [0.4, 0.5) is 0 Å². The van der Waals surface area contributed by atoms with Gasteiger partial charge in [-0.25, -0.2) is 0 Å². The predicted molar refractivity (Wildman–Crippen MR) is 69.9 cm³/mol. The minimum atomic E-state index is -0.0510. The molecule has 0 aromatic rings. The molecule has 17 heavy (non-hydrogen) atoms. The smallest absolute Gasteiger partial charge is 0.305 e. The van der Waals surface area contributed by atoms with Gasteiger partial charge in [-0.1, -0.05) is 19.8 Å². The van der Waals surface area contributed by atoms with Crippen LogP contribution in [0.5, 0.6) is 0 Å². The number of carbonyl (C=O) groups excluding carboxylic acids is 1. The molecular weight excluding hydrogens is 214 g/mol. The number of hydrogen-bond acceptors (Lipinski definition) is 3. The summed E-state index contributed by atoms with van der Waals surface area (Å²) in [6, 6.07) is 0.736. The molecule has 3 nitrogen and oxygen atoms in total. The lowest BCUT2D eigenvalue weighted by atomic mass is 10.1. The Balaban J connectivity index is 1.89. The number of hydrogen-bond donors (Lipinski definition) is 1. The third kappa shape index (κ3) is 6.06. The molecule has 1 aliphatic carbocycles. The van der Waals surface area contributed by atoms with E-state index in [1.807, 2.05) is 6.92 Å². The van der Waals surface area contributed by atoms with Gasteiger partial charge in [-0.05, 0) is 45.1 Å². The fraction of sp³-hybridized carbons (Fsp3) is 0.929. The maximum absolute atomic E-state index is 11.1. The summed E-state index contributed by atoms with van der Waals surface area (Å²) in [7, 11) is 0. The van der Waals surface area contributed by atoms with Crippen molar-refractivity contribution < 1.29 is 9.53 Å². The number of carbonyl (C=O) groups is 1. The molecule has 1 fully saturated rings. The Morgan fingerprint density at radius 2 is 2.12 bits per heavy atom. The van der Waals surface area contributed by atoms with Crippen LogP contribution in [0.25, 0.3) is 0 Å². The van der Waals surface area contributed by atoms with Crippen molar-refractivity contribution in [2.75, 3.05) is 13.2 Å². The summed E-state index contributed by atoms with van der Waals surface area (Å²) in [5, 5.41) is 3.63. The highest BCUT2D eigenvalue weighted by molar-refractivity contribution is 5.69. The van der Waals surface area contributed by atoms with E-state index >= 15 is 0 Å². The van der Waals surface area contributed by atoms with Gasteiger partial charge in [-0.2, -0.15) is 0 Å². The molecule has 0 aromatic carbocycles. The van der Waals surface area contributed by atoms with Crippen molar-refractivity contribution in [3.05, 3.63) is 0 Å². The quantitative estimate of drug-likeness (QED) is 0.524. The molecular formula is C14H27NO2. The monoisotopic (exact) mass is 241 g/mol. The third-order valence-corrected chi connectivity index (χ3v) is 3.63. The van der Waals surface area contributed by atoms with Crippen LogP contribution < -0.4 is 5.32 Å². The highest BCUT2D eigenvalue weighted by Gasteiger charge is 2.21. The van der Waals surface area contributed by atoms with E-state index in [0.717, 1.165) is 31.3 Å². The van der Waals surface area contributed by atoms with Gasteiger partial charge < -0.3 is 10.1 Å². The first-order valence-corrected chi connectivity index (χ1v) is 7.13. The van der Waals surface area contributed by atoms with Crippen LogP contribution in [-0.2, 0) is 9.53 Å². The molecule has 0 aliphatic heterocycles. The maximum Gasteiger partial charge on any atom is 0.305 e. The normalized spacial score (nSPS) is 23.9. The summed E-state index contributed by atoms with van der Waals surface area (Å²) in [5.41, 5.74) is 0. The van der Waals surface area contributed by atoms with E-state index in [-0.39, 0.29) is 5.97 Å². The molecule has 0 radical (unpaired) electrons. The Hall–Kier alpha value is -0.570. The van der Waals surface area contributed by atoms with Crippen LogP contribution >= 0.6 is 0 Å². The highest BCUT2D eigenvalue weighted by Crippen LogP contribution is 2.24. The first-order chi connectivity index (χ1) is 8.24. The fourth-order valence-electron chi connectivity index (χ4n) is 2.54. The Morgan fingerprint density at radius 3 is 2.76 bits per heavy atom. The van der Waals surface area contributed by atoms with Gasteiger partial charge in [0.2, 0.25) is 0 Å². The summed E-state index contributed by atoms with van der Waals surface area (Å²) < 4.78 is 4.89. The number of esters is 1. The minimum absolute atomic E-state index is 0.0510. The lowest BCUT2D eigenvalue weighted by Gasteiger charge is -2.16. The van der Waals surface area contributed by atoms with Crippen molar-refractivity contribution in [1.82, 2.24) is 5.32 Å². The van der Waals surface area contributed by atoms with E-state index in [2.05, 4.69) is 12.2 Å². The average Bonchev–Trinajstić information content (AvgIpc) is 2.70. The van der Waals surface area contributed by atoms with Gasteiger partial charge in [0.15, 0.2) is 0 Å². The zero-order chi connectivity index (χ0) is 12.5. The van der Waals surface area contributed by atoms with Gasteiger partial charge in [-0.3, -0.25) is 4.79 Å². The molecule has 0 amide bonds. The lowest BCUT2D eigenvalue weighted by Crippen LogP contribution is -2.31. The number of nitrogens with one attached hydrogen (secondary N) is 1. The molecule has 1 aliphatic rings. The Morgan fingerprint density at radius 1 is 1.29 bits per heavy atom. The molecule has 1 N–H and O–H groups in total. The van der Waals surface area contributed by atoms with Crippen LogP contribution in [-0.4, -0.2) is 25.2 Å². The minimum Gasteiger partial charge on any atom is -0.466 e. The first-order valence-electron chi connectivity index (χ1n) is 7.13. The van der Waals surface area contributed by atoms with Crippen molar-refractivity contribution in [2.45, 2.75) is 64.8 Å². The van der Waals surface area contributed by atoms with E-state index in [9.17, 15) is 4.79 Å². The molecule has 0 aromatic heterocycles. The zero-order valence-electron chi connectivity index (χ0n) is 11.3. The molecule has 2 atom stereocenters. The fourth-order valence-corrected chi connectivity index (χ4v) is 2.54. The molecule has 0 bridgehead atoms. The Labute approximate surface area is 105 Å². The summed E-state index contributed by atoms with van der Waals surface area (Å²) in [4.78, 5) is 11.1. The SMILES string of the molecule is CCOC(=O)CCCCCNC1CCCC1C. The van der Waals surface area contributed by atoms with Crippen LogP contribution in [0, 0.1) is 5.92 Å². The topological polar surface area (TPSA) is 38.3 Å². The first kappa shape index (κ1) is 14.5. The summed E-state index contributed by atoms with van der Waals surface area (Å²) >= 11 is 0. The number of unbranched alkanes of at least 4 members (excludes halogenated alkanes) is 2. The van der Waals surface area contributed by atoms with Crippen molar-refractivity contribution in [1.29, 1.82) is 0 Å². The van der Waals surface area contributed by atoms with Gasteiger partial charge in [-0.15, -0.1) is 0 Å². The summed E-state index contributed by atoms with van der Waals surface area (Å²) in [5.74, 6) is 0.791. The van der Waals surface area contributed by atoms with Crippen LogP contribution in [0.15, 0.2) is 0 Å². The standard InChI is InChI=1S/C14H27NO2/c1-3-17-14(16)10-5-4-6-11-15-13-9-7-8-12(13)2/h12-13,15H,3-11H2,1-2H3. The van der Waals surface area contributed by atoms with E-state index in [1.54, 1.807) is 0 Å². The van der Waals surface area contributed by atoms with Crippen LogP contribution in [0.1, 0.15) is 58.8 Å². The largest absolute Gasteiger partial charge is 0.466 e. The Bertz CT molecular complexity index is 218. The second-order valence-electron chi connectivity index (χ2n) is 5.08. The second kappa shape index (κ2) is 8.51. The Kier molecular flexibility index (Phi) is 7.25. The zero-order valence-corrected chi connectivity index (χ0v) is 11.3. The number of rotatable bonds is 8. The number of ether oxygens (including phenoxy) is 1. The molecule has 2 unspecified atom stereocenters.